The Labute approximate surface area is 148 Å². The molecule has 0 aliphatic heterocycles. The van der Waals surface area contributed by atoms with Crippen LogP contribution in [0.1, 0.15) is 22.8 Å². The Hall–Kier alpha value is -3.14. The number of rotatable bonds is 5. The van der Waals surface area contributed by atoms with E-state index in [1.54, 1.807) is 24.3 Å². The third kappa shape index (κ3) is 3.86. The van der Waals surface area contributed by atoms with Crippen LogP contribution in [0.25, 0.3) is 0 Å². The van der Waals surface area contributed by atoms with Gasteiger partial charge in [-0.15, -0.1) is 0 Å². The van der Waals surface area contributed by atoms with Crippen molar-refractivity contribution in [3.63, 3.8) is 0 Å². The summed E-state index contributed by atoms with van der Waals surface area (Å²) >= 11 is 0. The zero-order valence-corrected chi connectivity index (χ0v) is 14.4. The second kappa shape index (κ2) is 7.62. The number of aryl methyl sites for hydroxylation is 1. The Morgan fingerprint density at radius 2 is 1.76 bits per heavy atom. The molecule has 1 heterocycles. The van der Waals surface area contributed by atoms with E-state index >= 15 is 0 Å². The van der Waals surface area contributed by atoms with Crippen molar-refractivity contribution in [2.75, 3.05) is 17.3 Å². The summed E-state index contributed by atoms with van der Waals surface area (Å²) in [4.78, 5) is 18.6. The van der Waals surface area contributed by atoms with Gasteiger partial charge in [0.05, 0.1) is 17.4 Å². The zero-order valence-electron chi connectivity index (χ0n) is 14.4. The number of nitrogens with zero attached hydrogens (tertiary/aromatic N) is 2. The van der Waals surface area contributed by atoms with E-state index in [2.05, 4.69) is 23.3 Å². The van der Waals surface area contributed by atoms with Crippen LogP contribution in [0.2, 0.25) is 0 Å². The summed E-state index contributed by atoms with van der Waals surface area (Å²) in [7, 11) is 1.77. The fourth-order valence-electron chi connectivity index (χ4n) is 2.69. The average molecular weight is 331 g/mol. The van der Waals surface area contributed by atoms with Crippen LogP contribution in [0.4, 0.5) is 17.1 Å². The number of aromatic nitrogens is 1. The number of amides is 1. The molecule has 0 saturated carbocycles. The topological polar surface area (TPSA) is 45.2 Å². The Bertz CT molecular complexity index is 862. The van der Waals surface area contributed by atoms with E-state index in [1.807, 2.05) is 54.6 Å². The summed E-state index contributed by atoms with van der Waals surface area (Å²) in [6, 6.07) is 19.5. The lowest BCUT2D eigenvalue weighted by molar-refractivity contribution is 0.0992. The van der Waals surface area contributed by atoms with Crippen LogP contribution in [-0.4, -0.2) is 17.9 Å². The van der Waals surface area contributed by atoms with Crippen molar-refractivity contribution in [2.24, 2.45) is 0 Å². The van der Waals surface area contributed by atoms with Gasteiger partial charge in [0, 0.05) is 24.6 Å². The molecule has 126 valence electrons. The predicted molar refractivity (Wildman–Crippen MR) is 103 cm³/mol. The van der Waals surface area contributed by atoms with Crippen molar-refractivity contribution >= 4 is 23.0 Å². The van der Waals surface area contributed by atoms with Gasteiger partial charge in [-0.2, -0.15) is 0 Å². The molecule has 0 fully saturated rings. The molecular weight excluding hydrogens is 310 g/mol. The van der Waals surface area contributed by atoms with Crippen LogP contribution in [-0.2, 0) is 6.42 Å². The minimum absolute atomic E-state index is 0.0915. The number of anilines is 3. The summed E-state index contributed by atoms with van der Waals surface area (Å²) in [5.74, 6) is -0.0915. The number of carbonyl (C=O) groups is 1. The van der Waals surface area contributed by atoms with Gasteiger partial charge in [0.1, 0.15) is 0 Å². The normalized spacial score (nSPS) is 10.3. The maximum atomic E-state index is 12.7. The van der Waals surface area contributed by atoms with Crippen LogP contribution in [0.15, 0.2) is 73.1 Å². The first-order chi connectivity index (χ1) is 12.2. The highest BCUT2D eigenvalue weighted by Crippen LogP contribution is 2.22. The molecule has 0 unspecified atom stereocenters. The van der Waals surface area contributed by atoms with E-state index in [4.69, 9.17) is 0 Å². The molecule has 4 heteroatoms. The molecule has 1 N–H and O–H groups in total. The van der Waals surface area contributed by atoms with Gasteiger partial charge in [-0.25, -0.2) is 0 Å². The summed E-state index contributed by atoms with van der Waals surface area (Å²) in [5, 5.41) is 3.36. The largest absolute Gasteiger partial charge is 0.354 e. The summed E-state index contributed by atoms with van der Waals surface area (Å²) < 4.78 is 0. The number of nitrogens with one attached hydrogen (secondary N) is 1. The Morgan fingerprint density at radius 3 is 2.52 bits per heavy atom. The molecule has 0 aliphatic rings. The smallest absolute Gasteiger partial charge is 0.259 e. The summed E-state index contributed by atoms with van der Waals surface area (Å²) in [6.07, 6.45) is 4.26. The molecule has 1 amide bonds. The molecule has 3 rings (SSSR count). The molecule has 0 aliphatic carbocycles. The highest BCUT2D eigenvalue weighted by Gasteiger charge is 2.14. The van der Waals surface area contributed by atoms with E-state index in [0.717, 1.165) is 23.5 Å². The van der Waals surface area contributed by atoms with Gasteiger partial charge in [0.25, 0.3) is 5.91 Å². The Kier molecular flexibility index (Phi) is 5.09. The standard InChI is InChI=1S/C21H21N3O/c1-3-16-9-7-8-12-20(16)23-18-13-17(14-22-15-18)21(25)24(2)19-10-5-4-6-11-19/h4-15,23H,3H2,1-2H3. The van der Waals surface area contributed by atoms with Crippen molar-refractivity contribution in [1.29, 1.82) is 0 Å². The Balaban J connectivity index is 1.83. The van der Waals surface area contributed by atoms with Crippen molar-refractivity contribution in [3.8, 4) is 0 Å². The summed E-state index contributed by atoms with van der Waals surface area (Å²) in [6.45, 7) is 2.12. The van der Waals surface area contributed by atoms with E-state index < -0.39 is 0 Å². The number of para-hydroxylation sites is 2. The van der Waals surface area contributed by atoms with E-state index in [1.165, 1.54) is 5.56 Å². The van der Waals surface area contributed by atoms with Crippen LogP contribution >= 0.6 is 0 Å². The van der Waals surface area contributed by atoms with Crippen molar-refractivity contribution < 1.29 is 4.79 Å². The van der Waals surface area contributed by atoms with Gasteiger partial charge in [0.15, 0.2) is 0 Å². The van der Waals surface area contributed by atoms with Gasteiger partial charge in [0.2, 0.25) is 0 Å². The number of pyridine rings is 1. The monoisotopic (exact) mass is 331 g/mol. The predicted octanol–water partition coefficient (Wildman–Crippen LogP) is 4.66. The van der Waals surface area contributed by atoms with Crippen molar-refractivity contribution in [2.45, 2.75) is 13.3 Å². The van der Waals surface area contributed by atoms with Gasteiger partial charge >= 0.3 is 0 Å². The molecule has 2 aromatic carbocycles. The van der Waals surface area contributed by atoms with Crippen molar-refractivity contribution in [3.05, 3.63) is 84.2 Å². The highest BCUT2D eigenvalue weighted by atomic mass is 16.2. The lowest BCUT2D eigenvalue weighted by Crippen LogP contribution is -2.26. The van der Waals surface area contributed by atoms with Gasteiger partial charge in [-0.1, -0.05) is 43.3 Å². The van der Waals surface area contributed by atoms with Crippen LogP contribution < -0.4 is 10.2 Å². The first-order valence-electron chi connectivity index (χ1n) is 8.32. The van der Waals surface area contributed by atoms with Crippen molar-refractivity contribution in [1.82, 2.24) is 4.98 Å². The summed E-state index contributed by atoms with van der Waals surface area (Å²) in [5.41, 5.74) is 4.45. The minimum atomic E-state index is -0.0915. The lowest BCUT2D eigenvalue weighted by Gasteiger charge is -2.18. The first kappa shape index (κ1) is 16.7. The molecule has 1 aromatic heterocycles. The molecule has 0 atom stereocenters. The molecule has 3 aromatic rings. The van der Waals surface area contributed by atoms with E-state index in [-0.39, 0.29) is 5.91 Å². The van der Waals surface area contributed by atoms with Gasteiger partial charge in [-0.05, 0) is 36.2 Å². The molecule has 25 heavy (non-hydrogen) atoms. The third-order valence-electron chi connectivity index (χ3n) is 4.11. The molecule has 0 radical (unpaired) electrons. The van der Waals surface area contributed by atoms with Crippen LogP contribution in [0.5, 0.6) is 0 Å². The third-order valence-corrected chi connectivity index (χ3v) is 4.11. The quantitative estimate of drug-likeness (QED) is 0.739. The fourth-order valence-corrected chi connectivity index (χ4v) is 2.69. The number of benzene rings is 2. The fraction of sp³-hybridized carbons (Fsp3) is 0.143. The van der Waals surface area contributed by atoms with Gasteiger partial charge < -0.3 is 10.2 Å². The molecule has 0 saturated heterocycles. The molecule has 0 bridgehead atoms. The molecule has 0 spiro atoms. The average Bonchev–Trinajstić information content (AvgIpc) is 2.68. The number of hydrogen-bond donors (Lipinski definition) is 1. The lowest BCUT2D eigenvalue weighted by atomic mass is 10.1. The Morgan fingerprint density at radius 1 is 1.04 bits per heavy atom. The maximum absolute atomic E-state index is 12.7. The van der Waals surface area contributed by atoms with E-state index in [9.17, 15) is 4.79 Å². The second-order valence-corrected chi connectivity index (χ2v) is 5.80. The van der Waals surface area contributed by atoms with Crippen LogP contribution in [0.3, 0.4) is 0 Å². The second-order valence-electron chi connectivity index (χ2n) is 5.80. The first-order valence-corrected chi connectivity index (χ1v) is 8.32. The minimum Gasteiger partial charge on any atom is -0.354 e. The highest BCUT2D eigenvalue weighted by molar-refractivity contribution is 6.06. The molecule has 4 nitrogen and oxygen atoms in total. The molecular formula is C21H21N3O. The van der Waals surface area contributed by atoms with E-state index in [0.29, 0.717) is 5.56 Å². The SMILES string of the molecule is CCc1ccccc1Nc1cncc(C(=O)N(C)c2ccccc2)c1. The van der Waals surface area contributed by atoms with Gasteiger partial charge in [-0.3, -0.25) is 9.78 Å². The maximum Gasteiger partial charge on any atom is 0.259 e. The number of hydrogen-bond acceptors (Lipinski definition) is 3. The number of carbonyl (C=O) groups excluding carboxylic acids is 1. The zero-order chi connectivity index (χ0) is 17.6. The van der Waals surface area contributed by atoms with Crippen LogP contribution in [0, 0.1) is 0 Å².